The molecule has 0 spiro atoms. The largest absolute Gasteiger partial charge is 0.457 e. The van der Waals surface area contributed by atoms with E-state index in [0.717, 1.165) is 31.5 Å². The van der Waals surface area contributed by atoms with Gasteiger partial charge in [0.1, 0.15) is 11.5 Å². The number of nitrogens with zero attached hydrogens (tertiary/aromatic N) is 1. The van der Waals surface area contributed by atoms with E-state index in [-0.39, 0.29) is 5.16 Å². The Kier molecular flexibility index (Phi) is 6.75. The number of furan rings is 1. The molecule has 0 bridgehead atoms. The Morgan fingerprint density at radius 2 is 1.72 bits per heavy atom. The molecule has 0 aliphatic rings. The predicted octanol–water partition coefficient (Wildman–Crippen LogP) is 9.03. The minimum absolute atomic E-state index is 0.332. The lowest BCUT2D eigenvalue weighted by Crippen LogP contribution is -2.26. The highest BCUT2D eigenvalue weighted by Gasteiger charge is 2.42. The van der Waals surface area contributed by atoms with Gasteiger partial charge < -0.3 is 8.94 Å². The van der Waals surface area contributed by atoms with Gasteiger partial charge in [-0.3, -0.25) is 0 Å². The van der Waals surface area contributed by atoms with Crippen LogP contribution in [0.25, 0.3) is 0 Å². The number of rotatable bonds is 4. The van der Waals surface area contributed by atoms with Crippen LogP contribution in [0.3, 0.4) is 0 Å². The molecule has 0 radical (unpaired) electrons. The van der Waals surface area contributed by atoms with Gasteiger partial charge >= 0.3 is 0 Å². The first kappa shape index (κ1) is 22.7. The molecule has 0 amide bonds. The van der Waals surface area contributed by atoms with Crippen LogP contribution in [0, 0.1) is 13.8 Å². The Balaban J connectivity index is 2.31. The maximum atomic E-state index is 6.77. The third-order valence-electron chi connectivity index (χ3n) is 4.47. The van der Waals surface area contributed by atoms with Gasteiger partial charge in [-0.1, -0.05) is 54.4 Å². The molecule has 7 heteroatoms. The number of aryl methyl sites for hydroxylation is 2. The van der Waals surface area contributed by atoms with E-state index in [0.29, 0.717) is 10.8 Å². The fraction of sp³-hybridized carbons (Fsp3) is 0.273. The van der Waals surface area contributed by atoms with E-state index in [1.165, 1.54) is 0 Å². The van der Waals surface area contributed by atoms with Gasteiger partial charge in [-0.05, 0) is 77.8 Å². The monoisotopic (exact) mass is 557 g/mol. The first-order valence-electron chi connectivity index (χ1n) is 9.12. The van der Waals surface area contributed by atoms with Gasteiger partial charge in [0.05, 0.1) is 10.2 Å². The van der Waals surface area contributed by atoms with Gasteiger partial charge in [0, 0.05) is 14.7 Å². The molecular weight excluding hydrogens is 536 g/mol. The van der Waals surface area contributed by atoms with Crippen molar-refractivity contribution >= 4 is 61.9 Å². The molecule has 3 rings (SSSR count). The van der Waals surface area contributed by atoms with Gasteiger partial charge in [-0.15, -0.1) is 0 Å². The summed E-state index contributed by atoms with van der Waals surface area (Å²) in [6.07, 6.45) is 0. The van der Waals surface area contributed by atoms with E-state index in [4.69, 9.17) is 25.3 Å². The van der Waals surface area contributed by atoms with Gasteiger partial charge in [0.15, 0.2) is 5.50 Å². The standard InChI is InChI=1S/C22H23Br2ClNO2P/c1-14-6-9-17(13-19(14)25)26-29(22(3,4)5,21-11-7-15(2)27-21)28-20-10-8-16(23)12-18(20)24/h6-13H,1-5H3/t29-/m1/s1. The number of hydrogen-bond acceptors (Lipinski definition) is 3. The molecule has 1 aromatic heterocycles. The predicted molar refractivity (Wildman–Crippen MR) is 130 cm³/mol. The molecule has 0 fully saturated rings. The van der Waals surface area contributed by atoms with E-state index in [1.807, 2.05) is 62.4 Å². The van der Waals surface area contributed by atoms with Crippen molar-refractivity contribution in [1.29, 1.82) is 0 Å². The minimum atomic E-state index is -2.68. The third-order valence-corrected chi connectivity index (χ3v) is 9.62. The zero-order chi connectivity index (χ0) is 21.4. The lowest BCUT2D eigenvalue weighted by atomic mass is 10.2. The smallest absolute Gasteiger partial charge is 0.207 e. The summed E-state index contributed by atoms with van der Waals surface area (Å²) < 4.78 is 19.9. The van der Waals surface area contributed by atoms with E-state index in [2.05, 4.69) is 52.6 Å². The summed E-state index contributed by atoms with van der Waals surface area (Å²) in [5.74, 6) is 1.54. The second-order valence-electron chi connectivity index (χ2n) is 7.83. The zero-order valence-electron chi connectivity index (χ0n) is 17.0. The van der Waals surface area contributed by atoms with Crippen LogP contribution < -0.4 is 10.0 Å². The Morgan fingerprint density at radius 1 is 1.00 bits per heavy atom. The maximum absolute atomic E-state index is 6.77. The molecule has 0 unspecified atom stereocenters. The third kappa shape index (κ3) is 4.85. The summed E-state index contributed by atoms with van der Waals surface area (Å²) in [7, 11) is -2.68. The average molecular weight is 560 g/mol. The van der Waals surface area contributed by atoms with Crippen molar-refractivity contribution in [3.05, 3.63) is 73.8 Å². The molecule has 0 saturated carbocycles. The van der Waals surface area contributed by atoms with Crippen molar-refractivity contribution in [3.8, 4) is 5.75 Å². The molecule has 1 atom stereocenters. The van der Waals surface area contributed by atoms with E-state index >= 15 is 0 Å². The van der Waals surface area contributed by atoms with Gasteiger partial charge in [0.25, 0.3) is 0 Å². The number of hydrogen-bond donors (Lipinski definition) is 0. The maximum Gasteiger partial charge on any atom is 0.207 e. The summed E-state index contributed by atoms with van der Waals surface area (Å²) in [6.45, 7) is 10.3. The highest BCUT2D eigenvalue weighted by atomic mass is 79.9. The van der Waals surface area contributed by atoms with Crippen LogP contribution in [0.15, 0.2) is 66.6 Å². The zero-order valence-corrected chi connectivity index (χ0v) is 21.8. The Bertz CT molecular complexity index is 1100. The Labute approximate surface area is 194 Å². The van der Waals surface area contributed by atoms with Crippen LogP contribution in [-0.4, -0.2) is 5.16 Å². The van der Waals surface area contributed by atoms with Crippen LogP contribution in [0.1, 0.15) is 32.1 Å². The van der Waals surface area contributed by atoms with E-state index in [1.54, 1.807) is 0 Å². The van der Waals surface area contributed by atoms with E-state index < -0.39 is 7.28 Å². The van der Waals surface area contributed by atoms with Crippen LogP contribution >= 0.6 is 50.7 Å². The highest BCUT2D eigenvalue weighted by Crippen LogP contribution is 2.62. The number of benzene rings is 2. The summed E-state index contributed by atoms with van der Waals surface area (Å²) >= 11 is 13.5. The molecule has 0 N–H and O–H groups in total. The minimum Gasteiger partial charge on any atom is -0.457 e. The molecule has 154 valence electrons. The van der Waals surface area contributed by atoms with Crippen LogP contribution in [0.5, 0.6) is 5.75 Å². The molecule has 2 aromatic carbocycles. The topological polar surface area (TPSA) is 34.7 Å². The molecule has 29 heavy (non-hydrogen) atoms. The summed E-state index contributed by atoms with van der Waals surface area (Å²) in [5.41, 5.74) is 2.52. The van der Waals surface area contributed by atoms with Crippen LogP contribution in [0.4, 0.5) is 5.69 Å². The molecule has 0 aliphatic heterocycles. The molecular formula is C22H23Br2ClNO2P. The average Bonchev–Trinajstić information content (AvgIpc) is 3.05. The van der Waals surface area contributed by atoms with Crippen molar-refractivity contribution in [1.82, 2.24) is 0 Å². The Hall–Kier alpha value is -1.000. The van der Waals surface area contributed by atoms with Crippen molar-refractivity contribution in [2.45, 2.75) is 39.8 Å². The SMILES string of the molecule is Cc1ccc([P@@](=Nc2ccc(C)c(Cl)c2)(Oc2ccc(Br)cc2Br)C(C)(C)C)o1. The summed E-state index contributed by atoms with van der Waals surface area (Å²) in [5, 5.41) is 0.347. The second-order valence-corrected chi connectivity index (χ2v) is 13.3. The summed E-state index contributed by atoms with van der Waals surface area (Å²) in [6, 6.07) is 15.6. The van der Waals surface area contributed by atoms with Crippen molar-refractivity contribution in [2.24, 2.45) is 4.74 Å². The molecule has 3 nitrogen and oxygen atoms in total. The molecule has 0 aliphatic carbocycles. The van der Waals surface area contributed by atoms with Crippen LogP contribution in [-0.2, 0) is 0 Å². The van der Waals surface area contributed by atoms with Crippen molar-refractivity contribution in [3.63, 3.8) is 0 Å². The summed E-state index contributed by atoms with van der Waals surface area (Å²) in [4.78, 5) is 0. The van der Waals surface area contributed by atoms with Crippen molar-refractivity contribution in [2.75, 3.05) is 0 Å². The normalized spacial score (nSPS) is 13.8. The van der Waals surface area contributed by atoms with Crippen LogP contribution in [0.2, 0.25) is 5.02 Å². The van der Waals surface area contributed by atoms with E-state index in [9.17, 15) is 0 Å². The fourth-order valence-corrected chi connectivity index (χ4v) is 7.14. The Morgan fingerprint density at radius 3 is 2.28 bits per heavy atom. The lowest BCUT2D eigenvalue weighted by Gasteiger charge is -2.35. The quantitative estimate of drug-likeness (QED) is 0.299. The molecule has 3 aromatic rings. The highest BCUT2D eigenvalue weighted by molar-refractivity contribution is 9.11. The van der Waals surface area contributed by atoms with Gasteiger partial charge in [-0.2, -0.15) is 0 Å². The van der Waals surface area contributed by atoms with Crippen molar-refractivity contribution < 1.29 is 8.94 Å². The first-order chi connectivity index (χ1) is 13.5. The number of halogens is 3. The molecule has 1 heterocycles. The van der Waals surface area contributed by atoms with Gasteiger partial charge in [-0.25, -0.2) is 4.74 Å². The lowest BCUT2D eigenvalue weighted by molar-refractivity contribution is 0.525. The second kappa shape index (κ2) is 8.63. The first-order valence-corrected chi connectivity index (χ1v) is 12.7. The van der Waals surface area contributed by atoms with Gasteiger partial charge in [0.2, 0.25) is 7.28 Å². The fourth-order valence-electron chi connectivity index (χ4n) is 2.81. The molecule has 0 saturated heterocycles.